The average Bonchev–Trinajstić information content (AvgIpc) is 2.88. The van der Waals surface area contributed by atoms with E-state index in [-0.39, 0.29) is 0 Å². The minimum absolute atomic E-state index is 0.322. The van der Waals surface area contributed by atoms with Gasteiger partial charge in [-0.3, -0.25) is 4.79 Å². The van der Waals surface area contributed by atoms with Gasteiger partial charge in [-0.1, -0.05) is 0 Å². The first-order valence-electron chi connectivity index (χ1n) is 6.04. The molecule has 1 aliphatic rings. The largest absolute Gasteiger partial charge is 0.353 e. The van der Waals surface area contributed by atoms with E-state index in [1.807, 2.05) is 18.5 Å². The molecule has 0 atom stereocenters. The summed E-state index contributed by atoms with van der Waals surface area (Å²) in [4.78, 5) is 11.8. The first-order chi connectivity index (χ1) is 8.33. The van der Waals surface area contributed by atoms with Crippen LogP contribution in [0.2, 0.25) is 0 Å². The number of thiophene rings is 1. The molecule has 0 unspecified atom stereocenters. The van der Waals surface area contributed by atoms with Crippen LogP contribution in [0.5, 0.6) is 0 Å². The molecule has 1 saturated carbocycles. The van der Waals surface area contributed by atoms with Crippen LogP contribution in [0, 0.1) is 5.92 Å². The predicted octanol–water partition coefficient (Wildman–Crippen LogP) is 3.39. The number of rotatable bonds is 5. The van der Waals surface area contributed by atoms with Gasteiger partial charge in [0.2, 0.25) is 0 Å². The van der Waals surface area contributed by atoms with E-state index in [0.717, 1.165) is 31.4 Å². The molecule has 0 aromatic carbocycles. The van der Waals surface area contributed by atoms with Crippen LogP contribution in [0.3, 0.4) is 0 Å². The number of carbonyl (C=O) groups is 1. The Bertz CT molecular complexity index is 508. The highest BCUT2D eigenvalue weighted by Crippen LogP contribution is 2.32. The van der Waals surface area contributed by atoms with Crippen molar-refractivity contribution in [2.75, 3.05) is 0 Å². The SMILES string of the molecule is O=C(c1ccn(CCc2ccsc2)c1)C1CC1. The molecule has 1 fully saturated rings. The molecule has 3 rings (SSSR count). The Morgan fingerprint density at radius 1 is 1.41 bits per heavy atom. The van der Waals surface area contributed by atoms with Crippen LogP contribution in [0.1, 0.15) is 28.8 Å². The van der Waals surface area contributed by atoms with Gasteiger partial charge in [-0.15, -0.1) is 0 Å². The summed E-state index contributed by atoms with van der Waals surface area (Å²) >= 11 is 1.73. The van der Waals surface area contributed by atoms with Gasteiger partial charge in [-0.2, -0.15) is 11.3 Å². The van der Waals surface area contributed by atoms with Crippen molar-refractivity contribution < 1.29 is 4.79 Å². The number of aryl methyl sites for hydroxylation is 2. The molecular weight excluding hydrogens is 230 g/mol. The van der Waals surface area contributed by atoms with E-state index >= 15 is 0 Å². The normalized spacial score (nSPS) is 15.1. The van der Waals surface area contributed by atoms with Crippen molar-refractivity contribution in [2.24, 2.45) is 5.92 Å². The second-order valence-electron chi connectivity index (χ2n) is 4.66. The standard InChI is InChI=1S/C14H15NOS/c16-14(12-1-2-12)13-4-7-15(9-13)6-3-11-5-8-17-10-11/h4-5,7-10,12H,1-3,6H2. The number of hydrogen-bond donors (Lipinski definition) is 0. The van der Waals surface area contributed by atoms with E-state index in [0.29, 0.717) is 11.7 Å². The topological polar surface area (TPSA) is 22.0 Å². The quantitative estimate of drug-likeness (QED) is 0.740. The zero-order valence-corrected chi connectivity index (χ0v) is 10.5. The van der Waals surface area contributed by atoms with E-state index in [1.165, 1.54) is 5.56 Å². The Balaban J connectivity index is 1.62. The monoisotopic (exact) mass is 245 g/mol. The fraction of sp³-hybridized carbons (Fsp3) is 0.357. The first kappa shape index (κ1) is 10.8. The summed E-state index contributed by atoms with van der Waals surface area (Å²) in [5, 5.41) is 4.28. The Morgan fingerprint density at radius 2 is 2.29 bits per heavy atom. The van der Waals surface area contributed by atoms with Gasteiger partial charge in [0.15, 0.2) is 5.78 Å². The summed E-state index contributed by atoms with van der Waals surface area (Å²) in [7, 11) is 0. The minimum atomic E-state index is 0.322. The lowest BCUT2D eigenvalue weighted by Crippen LogP contribution is -2.01. The fourth-order valence-corrected chi connectivity index (χ4v) is 2.70. The Hall–Kier alpha value is -1.35. The molecule has 0 amide bonds. The molecule has 0 bridgehead atoms. The Kier molecular flexibility index (Phi) is 2.85. The molecular formula is C14H15NOS. The molecule has 3 heteroatoms. The molecule has 0 spiro atoms. The third kappa shape index (κ3) is 2.50. The van der Waals surface area contributed by atoms with Gasteiger partial charge in [0.25, 0.3) is 0 Å². The summed E-state index contributed by atoms with van der Waals surface area (Å²) in [5.41, 5.74) is 2.26. The zero-order chi connectivity index (χ0) is 11.7. The maximum absolute atomic E-state index is 11.8. The van der Waals surface area contributed by atoms with Gasteiger partial charge in [0.1, 0.15) is 0 Å². The molecule has 2 aromatic rings. The van der Waals surface area contributed by atoms with Crippen molar-refractivity contribution in [2.45, 2.75) is 25.8 Å². The van der Waals surface area contributed by atoms with Crippen LogP contribution in [-0.4, -0.2) is 10.4 Å². The zero-order valence-electron chi connectivity index (χ0n) is 9.63. The molecule has 88 valence electrons. The van der Waals surface area contributed by atoms with Crippen molar-refractivity contribution in [3.05, 3.63) is 46.4 Å². The van der Waals surface area contributed by atoms with Gasteiger partial charge in [0.05, 0.1) is 0 Å². The molecule has 2 nitrogen and oxygen atoms in total. The van der Waals surface area contributed by atoms with E-state index in [9.17, 15) is 4.79 Å². The van der Waals surface area contributed by atoms with Gasteiger partial charge in [-0.05, 0) is 47.7 Å². The third-order valence-corrected chi connectivity index (χ3v) is 3.95. The number of hydrogen-bond acceptors (Lipinski definition) is 2. The summed E-state index contributed by atoms with van der Waals surface area (Å²) in [6.07, 6.45) is 7.21. The van der Waals surface area contributed by atoms with Crippen molar-refractivity contribution in [3.63, 3.8) is 0 Å². The van der Waals surface area contributed by atoms with Crippen molar-refractivity contribution in [1.29, 1.82) is 0 Å². The number of carbonyl (C=O) groups excluding carboxylic acids is 1. The number of ketones is 1. The van der Waals surface area contributed by atoms with Crippen molar-refractivity contribution in [1.82, 2.24) is 4.57 Å². The second kappa shape index (κ2) is 4.49. The van der Waals surface area contributed by atoms with E-state index < -0.39 is 0 Å². The number of Topliss-reactive ketones (excluding diaryl/α,β-unsaturated/α-hetero) is 1. The molecule has 0 aliphatic heterocycles. The molecule has 17 heavy (non-hydrogen) atoms. The molecule has 0 saturated heterocycles. The van der Waals surface area contributed by atoms with Crippen LogP contribution in [0.4, 0.5) is 0 Å². The minimum Gasteiger partial charge on any atom is -0.353 e. The van der Waals surface area contributed by atoms with Crippen LogP contribution < -0.4 is 0 Å². The van der Waals surface area contributed by atoms with E-state index in [2.05, 4.69) is 21.4 Å². The highest BCUT2D eigenvalue weighted by Gasteiger charge is 2.30. The second-order valence-corrected chi connectivity index (χ2v) is 5.44. The van der Waals surface area contributed by atoms with Crippen molar-refractivity contribution >= 4 is 17.1 Å². The smallest absolute Gasteiger partial charge is 0.167 e. The van der Waals surface area contributed by atoms with E-state index in [1.54, 1.807) is 11.3 Å². The van der Waals surface area contributed by atoms with Gasteiger partial charge >= 0.3 is 0 Å². The predicted molar refractivity (Wildman–Crippen MR) is 69.5 cm³/mol. The Morgan fingerprint density at radius 3 is 3.00 bits per heavy atom. The molecule has 2 heterocycles. The number of aromatic nitrogens is 1. The maximum atomic E-state index is 11.8. The molecule has 0 radical (unpaired) electrons. The molecule has 2 aromatic heterocycles. The van der Waals surface area contributed by atoms with Gasteiger partial charge in [-0.25, -0.2) is 0 Å². The van der Waals surface area contributed by atoms with Crippen LogP contribution >= 0.6 is 11.3 Å². The molecule has 1 aliphatic carbocycles. The van der Waals surface area contributed by atoms with Gasteiger partial charge < -0.3 is 4.57 Å². The first-order valence-corrected chi connectivity index (χ1v) is 6.98. The summed E-state index contributed by atoms with van der Waals surface area (Å²) in [5.74, 6) is 0.655. The average molecular weight is 245 g/mol. The van der Waals surface area contributed by atoms with E-state index in [4.69, 9.17) is 0 Å². The lowest BCUT2D eigenvalue weighted by Gasteiger charge is -2.00. The Labute approximate surface area is 105 Å². The number of nitrogens with zero attached hydrogens (tertiary/aromatic N) is 1. The summed E-state index contributed by atoms with van der Waals surface area (Å²) < 4.78 is 2.12. The van der Waals surface area contributed by atoms with Crippen LogP contribution in [-0.2, 0) is 13.0 Å². The van der Waals surface area contributed by atoms with Crippen LogP contribution in [0.25, 0.3) is 0 Å². The van der Waals surface area contributed by atoms with Crippen molar-refractivity contribution in [3.8, 4) is 0 Å². The van der Waals surface area contributed by atoms with Gasteiger partial charge in [0, 0.05) is 30.4 Å². The third-order valence-electron chi connectivity index (χ3n) is 3.22. The highest BCUT2D eigenvalue weighted by molar-refractivity contribution is 7.07. The summed E-state index contributed by atoms with van der Waals surface area (Å²) in [6, 6.07) is 4.11. The maximum Gasteiger partial charge on any atom is 0.167 e. The summed E-state index contributed by atoms with van der Waals surface area (Å²) in [6.45, 7) is 0.953. The fourth-order valence-electron chi connectivity index (χ4n) is 2.00. The van der Waals surface area contributed by atoms with Crippen LogP contribution in [0.15, 0.2) is 35.3 Å². The lowest BCUT2D eigenvalue weighted by molar-refractivity contribution is 0.0967. The molecule has 0 N–H and O–H groups in total. The highest BCUT2D eigenvalue weighted by atomic mass is 32.1. The lowest BCUT2D eigenvalue weighted by atomic mass is 10.1.